The Balaban J connectivity index is 1.50. The van der Waals surface area contributed by atoms with Crippen molar-refractivity contribution < 1.29 is 14.2 Å². The normalized spacial score (nSPS) is 10.6. The van der Waals surface area contributed by atoms with Gasteiger partial charge in [0, 0.05) is 44.3 Å². The summed E-state index contributed by atoms with van der Waals surface area (Å²) in [5.41, 5.74) is 4.39. The van der Waals surface area contributed by atoms with Gasteiger partial charge in [-0.1, -0.05) is 30.3 Å². The molecule has 182 valence electrons. The van der Waals surface area contributed by atoms with Gasteiger partial charge in [-0.15, -0.1) is 11.3 Å². The van der Waals surface area contributed by atoms with Crippen molar-refractivity contribution in [3.8, 4) is 17.2 Å². The van der Waals surface area contributed by atoms with Crippen molar-refractivity contribution in [2.45, 2.75) is 19.7 Å². The van der Waals surface area contributed by atoms with Crippen LogP contribution in [0.4, 0.5) is 10.8 Å². The molecule has 0 aliphatic heterocycles. The minimum absolute atomic E-state index is 0.423. The van der Waals surface area contributed by atoms with Crippen LogP contribution < -0.4 is 24.0 Å². The zero-order valence-corrected chi connectivity index (χ0v) is 21.4. The lowest BCUT2D eigenvalue weighted by atomic mass is 10.1. The molecule has 4 rings (SSSR count). The number of nitrogens with zero attached hydrogens (tertiary/aromatic N) is 3. The first-order valence-corrected chi connectivity index (χ1v) is 12.3. The van der Waals surface area contributed by atoms with Crippen LogP contribution in [0.2, 0.25) is 0 Å². The second kappa shape index (κ2) is 11.6. The van der Waals surface area contributed by atoms with Crippen LogP contribution in [-0.2, 0) is 19.7 Å². The van der Waals surface area contributed by atoms with Gasteiger partial charge in [0.25, 0.3) is 0 Å². The fraction of sp³-hybridized carbons (Fsp3) is 0.250. The maximum absolute atomic E-state index is 6.03. The number of rotatable bonds is 11. The molecule has 1 aromatic heterocycles. The van der Waals surface area contributed by atoms with Gasteiger partial charge < -0.3 is 24.0 Å². The summed E-state index contributed by atoms with van der Waals surface area (Å²) in [7, 11) is 7.40. The summed E-state index contributed by atoms with van der Waals surface area (Å²) in [4.78, 5) is 9.24. The predicted octanol–water partition coefficient (Wildman–Crippen LogP) is 6.01. The Labute approximate surface area is 211 Å². The lowest BCUT2D eigenvalue weighted by Crippen LogP contribution is -2.22. The quantitative estimate of drug-likeness (QED) is 0.257. The summed E-state index contributed by atoms with van der Waals surface area (Å²) in [6, 6.07) is 24.4. The van der Waals surface area contributed by atoms with Crippen LogP contribution in [0.25, 0.3) is 0 Å². The molecule has 0 N–H and O–H groups in total. The van der Waals surface area contributed by atoms with Gasteiger partial charge in [-0.2, -0.15) is 0 Å². The molecule has 7 heteroatoms. The van der Waals surface area contributed by atoms with E-state index in [2.05, 4.69) is 45.5 Å². The van der Waals surface area contributed by atoms with E-state index < -0.39 is 0 Å². The number of benzene rings is 3. The Bertz CT molecular complexity index is 1160. The topological polar surface area (TPSA) is 47.1 Å². The standard InChI is InChI=1S/C28H31N3O3S/c1-30(2)24-6-5-7-27(16-24)34-19-23-20-35-28(29-23)31(17-21-8-12-25(32-3)13-9-21)18-22-10-14-26(33-4)15-11-22/h5-16,20H,17-19H2,1-4H3. The van der Waals surface area contributed by atoms with E-state index in [1.54, 1.807) is 25.6 Å². The summed E-state index contributed by atoms with van der Waals surface area (Å²) in [6.45, 7) is 1.88. The molecule has 0 fully saturated rings. The molecule has 0 radical (unpaired) electrons. The summed E-state index contributed by atoms with van der Waals surface area (Å²) in [6.07, 6.45) is 0. The lowest BCUT2D eigenvalue weighted by Gasteiger charge is -2.22. The van der Waals surface area contributed by atoms with Gasteiger partial charge in [-0.3, -0.25) is 0 Å². The second-order valence-corrected chi connectivity index (χ2v) is 9.19. The van der Waals surface area contributed by atoms with Crippen molar-refractivity contribution >= 4 is 22.2 Å². The molecule has 0 saturated carbocycles. The molecule has 0 amide bonds. The monoisotopic (exact) mass is 489 g/mol. The molecular formula is C28H31N3O3S. The van der Waals surface area contributed by atoms with E-state index in [-0.39, 0.29) is 0 Å². The first kappa shape index (κ1) is 24.4. The minimum atomic E-state index is 0.423. The summed E-state index contributed by atoms with van der Waals surface area (Å²) in [5, 5.41) is 3.03. The zero-order valence-electron chi connectivity index (χ0n) is 20.6. The molecule has 0 spiro atoms. The third-order valence-electron chi connectivity index (χ3n) is 5.60. The first-order valence-electron chi connectivity index (χ1n) is 11.4. The van der Waals surface area contributed by atoms with Crippen LogP contribution in [0.1, 0.15) is 16.8 Å². The lowest BCUT2D eigenvalue weighted by molar-refractivity contribution is 0.302. The van der Waals surface area contributed by atoms with Crippen LogP contribution in [-0.4, -0.2) is 33.3 Å². The number of hydrogen-bond donors (Lipinski definition) is 0. The number of hydrogen-bond acceptors (Lipinski definition) is 7. The van der Waals surface area contributed by atoms with E-state index >= 15 is 0 Å². The van der Waals surface area contributed by atoms with Crippen LogP contribution in [0.3, 0.4) is 0 Å². The Kier molecular flexibility index (Phi) is 8.11. The highest BCUT2D eigenvalue weighted by Crippen LogP contribution is 2.27. The maximum atomic E-state index is 6.03. The van der Waals surface area contributed by atoms with Crippen LogP contribution in [0.5, 0.6) is 17.2 Å². The van der Waals surface area contributed by atoms with Gasteiger partial charge in [-0.05, 0) is 47.5 Å². The Morgan fingerprint density at radius 3 is 1.91 bits per heavy atom. The number of thiazole rings is 1. The predicted molar refractivity (Wildman–Crippen MR) is 143 cm³/mol. The summed E-state index contributed by atoms with van der Waals surface area (Å²) < 4.78 is 16.7. The zero-order chi connectivity index (χ0) is 24.6. The van der Waals surface area contributed by atoms with Gasteiger partial charge in [0.15, 0.2) is 5.13 Å². The largest absolute Gasteiger partial charge is 0.497 e. The number of anilines is 2. The highest BCUT2D eigenvalue weighted by molar-refractivity contribution is 7.13. The van der Waals surface area contributed by atoms with Gasteiger partial charge in [0.1, 0.15) is 23.9 Å². The van der Waals surface area contributed by atoms with Gasteiger partial charge in [0.2, 0.25) is 0 Å². The van der Waals surface area contributed by atoms with Crippen molar-refractivity contribution in [3.63, 3.8) is 0 Å². The van der Waals surface area contributed by atoms with Gasteiger partial charge in [0.05, 0.1) is 19.9 Å². The number of aromatic nitrogens is 1. The second-order valence-electron chi connectivity index (χ2n) is 8.35. The Morgan fingerprint density at radius 2 is 1.37 bits per heavy atom. The molecule has 35 heavy (non-hydrogen) atoms. The molecule has 0 atom stereocenters. The highest BCUT2D eigenvalue weighted by Gasteiger charge is 2.14. The van der Waals surface area contributed by atoms with Crippen molar-refractivity contribution in [2.24, 2.45) is 0 Å². The van der Waals surface area contributed by atoms with Gasteiger partial charge in [-0.25, -0.2) is 4.98 Å². The average molecular weight is 490 g/mol. The molecule has 3 aromatic carbocycles. The number of ether oxygens (including phenoxy) is 3. The summed E-state index contributed by atoms with van der Waals surface area (Å²) >= 11 is 1.63. The fourth-order valence-electron chi connectivity index (χ4n) is 3.61. The molecule has 0 aliphatic rings. The van der Waals surface area contributed by atoms with E-state index in [9.17, 15) is 0 Å². The van der Waals surface area contributed by atoms with E-state index in [0.29, 0.717) is 6.61 Å². The molecule has 0 aliphatic carbocycles. The molecule has 4 aromatic rings. The molecule has 0 unspecified atom stereocenters. The van der Waals surface area contributed by atoms with E-state index in [1.807, 2.05) is 56.6 Å². The van der Waals surface area contributed by atoms with Crippen molar-refractivity contribution in [1.82, 2.24) is 4.98 Å². The highest BCUT2D eigenvalue weighted by atomic mass is 32.1. The van der Waals surface area contributed by atoms with Crippen LogP contribution in [0.15, 0.2) is 78.2 Å². The summed E-state index contributed by atoms with van der Waals surface area (Å²) in [5.74, 6) is 2.53. The van der Waals surface area contributed by atoms with E-state index in [1.165, 1.54) is 11.1 Å². The third kappa shape index (κ3) is 6.67. The molecular weight excluding hydrogens is 458 g/mol. The first-order chi connectivity index (χ1) is 17.0. The molecule has 0 bridgehead atoms. The van der Waals surface area contributed by atoms with Crippen molar-refractivity contribution in [2.75, 3.05) is 38.1 Å². The molecule has 1 heterocycles. The van der Waals surface area contributed by atoms with Crippen molar-refractivity contribution in [3.05, 3.63) is 95.0 Å². The Hall–Kier alpha value is -3.71. The molecule has 0 saturated heterocycles. The maximum Gasteiger partial charge on any atom is 0.186 e. The smallest absolute Gasteiger partial charge is 0.186 e. The van der Waals surface area contributed by atoms with Crippen LogP contribution >= 0.6 is 11.3 Å². The third-order valence-corrected chi connectivity index (χ3v) is 6.55. The van der Waals surface area contributed by atoms with E-state index in [0.717, 1.165) is 46.9 Å². The van der Waals surface area contributed by atoms with Crippen molar-refractivity contribution in [1.29, 1.82) is 0 Å². The number of methoxy groups -OCH3 is 2. The Morgan fingerprint density at radius 1 is 0.771 bits per heavy atom. The van der Waals surface area contributed by atoms with Gasteiger partial charge >= 0.3 is 0 Å². The minimum Gasteiger partial charge on any atom is -0.497 e. The SMILES string of the molecule is COc1ccc(CN(Cc2ccc(OC)cc2)c2nc(COc3cccc(N(C)C)c3)cs2)cc1. The van der Waals surface area contributed by atoms with E-state index in [4.69, 9.17) is 19.2 Å². The van der Waals surface area contributed by atoms with Crippen LogP contribution in [0, 0.1) is 0 Å². The average Bonchev–Trinajstić information content (AvgIpc) is 3.37. The molecule has 6 nitrogen and oxygen atoms in total. The fourth-order valence-corrected chi connectivity index (χ4v) is 4.42.